The van der Waals surface area contributed by atoms with Crippen LogP contribution >= 0.6 is 43.2 Å². The molecule has 0 atom stereocenters. The van der Waals surface area contributed by atoms with Gasteiger partial charge in [0.05, 0.1) is 13.2 Å². The zero-order chi connectivity index (χ0) is 24.4. The third-order valence-electron chi connectivity index (χ3n) is 5.09. The third-order valence-corrected chi connectivity index (χ3v) is 8.18. The van der Waals surface area contributed by atoms with Crippen molar-refractivity contribution < 1.29 is 9.53 Å². The highest BCUT2D eigenvalue weighted by Crippen LogP contribution is 2.24. The lowest BCUT2D eigenvalue weighted by molar-refractivity contribution is 0.0954. The molecule has 0 radical (unpaired) electrons. The number of hydrogen-bond acceptors (Lipinski definition) is 6. The fourth-order valence-electron chi connectivity index (χ4n) is 3.39. The van der Waals surface area contributed by atoms with Crippen LogP contribution in [0.1, 0.15) is 33.3 Å². The number of carbonyl (C=O) groups is 1. The van der Waals surface area contributed by atoms with Crippen molar-refractivity contribution in [1.29, 1.82) is 0 Å². The molecule has 11 heteroatoms. The molecule has 176 valence electrons. The van der Waals surface area contributed by atoms with Gasteiger partial charge in [-0.05, 0) is 75.0 Å². The molecule has 1 amide bonds. The Balaban J connectivity index is 1.61. The Morgan fingerprint density at radius 3 is 2.68 bits per heavy atom. The summed E-state index contributed by atoms with van der Waals surface area (Å²) in [4.78, 5) is 43.8. The summed E-state index contributed by atoms with van der Waals surface area (Å²) >= 11 is 7.97. The van der Waals surface area contributed by atoms with Gasteiger partial charge >= 0.3 is 5.69 Å². The number of rotatable bonds is 7. The van der Waals surface area contributed by atoms with Crippen LogP contribution in [-0.2, 0) is 13.1 Å². The van der Waals surface area contributed by atoms with Gasteiger partial charge in [0.15, 0.2) is 0 Å². The van der Waals surface area contributed by atoms with Gasteiger partial charge < -0.3 is 10.1 Å². The van der Waals surface area contributed by atoms with Crippen molar-refractivity contribution >= 4 is 53.9 Å². The minimum Gasteiger partial charge on any atom is -0.478 e. The standard InChI is InChI=1S/C23H20Br2N4O4S/c1-3-33-19-9-14(6-7-26-19)10-27-20(30)18-12-29-22(34-18)13(2)21(31)28(23(29)32)11-15-4-5-16(24)17(25)8-15/h4-9,12H,3,10-11H2,1-2H3,(H,27,30). The Labute approximate surface area is 215 Å². The second-order valence-electron chi connectivity index (χ2n) is 7.44. The van der Waals surface area contributed by atoms with Crippen LogP contribution in [0.25, 0.3) is 4.83 Å². The van der Waals surface area contributed by atoms with Crippen LogP contribution in [-0.4, -0.2) is 26.5 Å². The number of hydrogen-bond donors (Lipinski definition) is 1. The van der Waals surface area contributed by atoms with Gasteiger partial charge in [0.1, 0.15) is 9.71 Å². The summed E-state index contributed by atoms with van der Waals surface area (Å²) in [5.74, 6) is 0.154. The molecule has 0 fully saturated rings. The van der Waals surface area contributed by atoms with E-state index >= 15 is 0 Å². The van der Waals surface area contributed by atoms with Crippen LogP contribution in [0.2, 0.25) is 0 Å². The maximum absolute atomic E-state index is 13.1. The summed E-state index contributed by atoms with van der Waals surface area (Å²) in [5.41, 5.74) is 1.18. The molecule has 4 aromatic rings. The van der Waals surface area contributed by atoms with Gasteiger partial charge in [0.2, 0.25) is 5.88 Å². The van der Waals surface area contributed by atoms with Gasteiger partial charge in [0.25, 0.3) is 11.5 Å². The van der Waals surface area contributed by atoms with E-state index in [2.05, 4.69) is 42.2 Å². The highest BCUT2D eigenvalue weighted by Gasteiger charge is 2.18. The molecule has 1 aromatic carbocycles. The maximum Gasteiger partial charge on any atom is 0.336 e. The summed E-state index contributed by atoms with van der Waals surface area (Å²) in [6.07, 6.45) is 3.10. The highest BCUT2D eigenvalue weighted by atomic mass is 79.9. The topological polar surface area (TPSA) is 94.7 Å². The van der Waals surface area contributed by atoms with Gasteiger partial charge in [-0.25, -0.2) is 9.78 Å². The molecule has 3 aromatic heterocycles. The maximum atomic E-state index is 13.1. The SMILES string of the molecule is CCOc1cc(CNC(=O)c2cn3c(=O)n(Cc4ccc(Br)c(Br)c4)c(=O)c(C)c3s2)ccn1. The molecule has 4 rings (SSSR count). The monoisotopic (exact) mass is 606 g/mol. The van der Waals surface area contributed by atoms with Crippen LogP contribution in [0, 0.1) is 6.92 Å². The lowest BCUT2D eigenvalue weighted by Gasteiger charge is -2.08. The molecule has 8 nitrogen and oxygen atoms in total. The Kier molecular flexibility index (Phi) is 7.34. The fourth-order valence-corrected chi connectivity index (χ4v) is 5.06. The third kappa shape index (κ3) is 5.01. The number of carbonyl (C=O) groups excluding carboxylic acids is 1. The van der Waals surface area contributed by atoms with Crippen LogP contribution in [0.15, 0.2) is 61.3 Å². The van der Waals surface area contributed by atoms with E-state index < -0.39 is 5.69 Å². The molecule has 0 saturated heterocycles. The van der Waals surface area contributed by atoms with E-state index in [-0.39, 0.29) is 24.6 Å². The number of halogens is 2. The predicted molar refractivity (Wildman–Crippen MR) is 138 cm³/mol. The van der Waals surface area contributed by atoms with Crippen molar-refractivity contribution in [3.63, 3.8) is 0 Å². The van der Waals surface area contributed by atoms with E-state index in [4.69, 9.17) is 4.74 Å². The highest BCUT2D eigenvalue weighted by molar-refractivity contribution is 9.13. The Bertz CT molecular complexity index is 1510. The summed E-state index contributed by atoms with van der Waals surface area (Å²) in [6, 6.07) is 9.09. The van der Waals surface area contributed by atoms with E-state index in [1.54, 1.807) is 25.3 Å². The van der Waals surface area contributed by atoms with Crippen molar-refractivity contribution in [3.8, 4) is 5.88 Å². The van der Waals surface area contributed by atoms with Gasteiger partial charge in [-0.15, -0.1) is 11.3 Å². The molecule has 0 saturated carbocycles. The molecule has 0 aliphatic carbocycles. The second-order valence-corrected chi connectivity index (χ2v) is 10.2. The largest absolute Gasteiger partial charge is 0.478 e. The number of benzene rings is 1. The van der Waals surface area contributed by atoms with Crippen molar-refractivity contribution in [3.05, 3.63) is 94.1 Å². The first-order valence-electron chi connectivity index (χ1n) is 10.3. The normalized spacial score (nSPS) is 11.1. The molecule has 0 aliphatic rings. The number of aryl methyl sites for hydroxylation is 1. The Hall–Kier alpha value is -2.76. The van der Waals surface area contributed by atoms with Gasteiger partial charge in [-0.3, -0.25) is 18.6 Å². The Morgan fingerprint density at radius 2 is 1.94 bits per heavy atom. The number of pyridine rings is 1. The first kappa shape index (κ1) is 24.4. The van der Waals surface area contributed by atoms with Crippen molar-refractivity contribution in [1.82, 2.24) is 19.3 Å². The minimum absolute atomic E-state index is 0.120. The molecular formula is C23H20Br2N4O4S. The molecule has 34 heavy (non-hydrogen) atoms. The average Bonchev–Trinajstić information content (AvgIpc) is 3.28. The molecule has 0 aliphatic heterocycles. The van der Waals surface area contributed by atoms with Crippen LogP contribution in [0.5, 0.6) is 5.88 Å². The molecule has 1 N–H and O–H groups in total. The van der Waals surface area contributed by atoms with E-state index in [1.807, 2.05) is 25.1 Å². The molecule has 3 heterocycles. The van der Waals surface area contributed by atoms with Crippen LogP contribution in [0.4, 0.5) is 0 Å². The number of nitrogens with one attached hydrogen (secondary N) is 1. The number of nitrogens with zero attached hydrogens (tertiary/aromatic N) is 3. The van der Waals surface area contributed by atoms with Crippen molar-refractivity contribution in [2.24, 2.45) is 0 Å². The molecule has 0 spiro atoms. The van der Waals surface area contributed by atoms with E-state index in [9.17, 15) is 14.4 Å². The smallest absolute Gasteiger partial charge is 0.336 e. The summed E-state index contributed by atoms with van der Waals surface area (Å²) in [7, 11) is 0. The Morgan fingerprint density at radius 1 is 1.15 bits per heavy atom. The number of aromatic nitrogens is 3. The van der Waals surface area contributed by atoms with Crippen molar-refractivity contribution in [2.45, 2.75) is 26.9 Å². The van der Waals surface area contributed by atoms with Crippen LogP contribution < -0.4 is 21.3 Å². The van der Waals surface area contributed by atoms with E-state index in [0.29, 0.717) is 27.8 Å². The molecular weight excluding hydrogens is 588 g/mol. The second kappa shape index (κ2) is 10.2. The van der Waals surface area contributed by atoms with Crippen molar-refractivity contribution in [2.75, 3.05) is 6.61 Å². The lowest BCUT2D eigenvalue weighted by atomic mass is 10.2. The van der Waals surface area contributed by atoms with Gasteiger partial charge in [0, 0.05) is 39.5 Å². The number of thiazole rings is 1. The summed E-state index contributed by atoms with van der Waals surface area (Å²) < 4.78 is 9.63. The van der Waals surface area contributed by atoms with E-state index in [0.717, 1.165) is 31.4 Å². The van der Waals surface area contributed by atoms with Gasteiger partial charge in [-0.2, -0.15) is 0 Å². The molecule has 0 unspecified atom stereocenters. The number of fused-ring (bicyclic) bond motifs is 1. The first-order chi connectivity index (χ1) is 16.3. The average molecular weight is 608 g/mol. The van der Waals surface area contributed by atoms with Crippen LogP contribution in [0.3, 0.4) is 0 Å². The zero-order valence-electron chi connectivity index (χ0n) is 18.3. The summed E-state index contributed by atoms with van der Waals surface area (Å²) in [6.45, 7) is 4.43. The fraction of sp³-hybridized carbons (Fsp3) is 0.217. The minimum atomic E-state index is -0.490. The summed E-state index contributed by atoms with van der Waals surface area (Å²) in [5, 5.41) is 2.84. The molecule has 0 bridgehead atoms. The first-order valence-corrected chi connectivity index (χ1v) is 12.7. The lowest BCUT2D eigenvalue weighted by Crippen LogP contribution is -2.38. The quantitative estimate of drug-likeness (QED) is 0.341. The van der Waals surface area contributed by atoms with Gasteiger partial charge in [-0.1, -0.05) is 6.07 Å². The number of ether oxygens (including phenoxy) is 1. The predicted octanol–water partition coefficient (Wildman–Crippen LogP) is 4.13. The number of amides is 1. The van der Waals surface area contributed by atoms with E-state index in [1.165, 1.54) is 15.2 Å². The zero-order valence-corrected chi connectivity index (χ0v) is 22.3.